The van der Waals surface area contributed by atoms with Gasteiger partial charge in [-0.25, -0.2) is 8.42 Å². The van der Waals surface area contributed by atoms with Crippen molar-refractivity contribution >= 4 is 27.4 Å². The number of anilines is 1. The van der Waals surface area contributed by atoms with Crippen LogP contribution in [-0.2, 0) is 14.8 Å². The highest BCUT2D eigenvalue weighted by atomic mass is 32.2. The smallest absolute Gasteiger partial charge is 0.303 e. The van der Waals surface area contributed by atoms with Crippen LogP contribution < -0.4 is 4.72 Å². The predicted molar refractivity (Wildman–Crippen MR) is 79.3 cm³/mol. The summed E-state index contributed by atoms with van der Waals surface area (Å²) in [4.78, 5) is 10.4. The van der Waals surface area contributed by atoms with Crippen LogP contribution in [-0.4, -0.2) is 36.7 Å². The Morgan fingerprint density at radius 3 is 2.43 bits per heavy atom. The second-order valence-electron chi connectivity index (χ2n) is 4.57. The Balaban J connectivity index is 2.84. The summed E-state index contributed by atoms with van der Waals surface area (Å²) in [5, 5.41) is 20.9. The molecule has 0 aliphatic heterocycles. The van der Waals surface area contributed by atoms with Crippen molar-refractivity contribution < 1.29 is 23.5 Å². The highest BCUT2D eigenvalue weighted by Crippen LogP contribution is 2.20. The van der Waals surface area contributed by atoms with Gasteiger partial charge in [-0.3, -0.25) is 9.52 Å². The van der Waals surface area contributed by atoms with E-state index in [1.165, 1.54) is 0 Å². The molecule has 0 aliphatic carbocycles. The van der Waals surface area contributed by atoms with Gasteiger partial charge in [-0.1, -0.05) is 23.4 Å². The molecule has 116 valence electrons. The molecule has 0 aromatic heterocycles. The van der Waals surface area contributed by atoms with Crippen LogP contribution in [0.4, 0.5) is 5.69 Å². The minimum atomic E-state index is -3.44. The summed E-state index contributed by atoms with van der Waals surface area (Å²) in [7, 11) is -3.44. The van der Waals surface area contributed by atoms with E-state index in [0.29, 0.717) is 36.2 Å². The molecule has 3 N–H and O–H groups in total. The maximum Gasteiger partial charge on any atom is 0.303 e. The molecule has 0 saturated heterocycles. The van der Waals surface area contributed by atoms with E-state index in [4.69, 9.17) is 10.3 Å². The van der Waals surface area contributed by atoms with Crippen molar-refractivity contribution in [3.05, 3.63) is 29.8 Å². The third-order valence-electron chi connectivity index (χ3n) is 2.71. The summed E-state index contributed by atoms with van der Waals surface area (Å²) in [5.41, 5.74) is 1.11. The van der Waals surface area contributed by atoms with E-state index in [2.05, 4.69) is 9.88 Å². The molecule has 0 fully saturated rings. The molecule has 0 spiro atoms. The summed E-state index contributed by atoms with van der Waals surface area (Å²) < 4.78 is 25.0. The van der Waals surface area contributed by atoms with E-state index in [0.717, 1.165) is 6.26 Å². The van der Waals surface area contributed by atoms with Gasteiger partial charge in [0.2, 0.25) is 10.0 Å². The van der Waals surface area contributed by atoms with Gasteiger partial charge in [0.05, 0.1) is 17.7 Å². The van der Waals surface area contributed by atoms with Crippen molar-refractivity contribution in [3.63, 3.8) is 0 Å². The lowest BCUT2D eigenvalue weighted by molar-refractivity contribution is -0.137. The lowest BCUT2D eigenvalue weighted by Crippen LogP contribution is -2.13. The molecule has 0 aliphatic rings. The van der Waals surface area contributed by atoms with E-state index >= 15 is 0 Å². The number of nitrogens with zero attached hydrogens (tertiary/aromatic N) is 1. The molecule has 1 aromatic rings. The van der Waals surface area contributed by atoms with Crippen molar-refractivity contribution in [2.75, 3.05) is 11.0 Å². The first-order valence-electron chi connectivity index (χ1n) is 6.33. The third kappa shape index (κ3) is 6.26. The highest BCUT2D eigenvalue weighted by Gasteiger charge is 2.12. The van der Waals surface area contributed by atoms with Crippen molar-refractivity contribution in [3.8, 4) is 0 Å². The molecule has 0 atom stereocenters. The lowest BCUT2D eigenvalue weighted by atomic mass is 10.0. The van der Waals surface area contributed by atoms with Crippen LogP contribution in [0.5, 0.6) is 0 Å². The number of aliphatic carboxylic acids is 1. The molecule has 0 saturated carbocycles. The maximum absolute atomic E-state index is 11.3. The molecule has 1 aromatic carbocycles. The Morgan fingerprint density at radius 2 is 1.86 bits per heavy atom. The zero-order chi connectivity index (χ0) is 15.9. The predicted octanol–water partition coefficient (Wildman–Crippen LogP) is 1.88. The number of carbonyl (C=O) groups is 1. The normalized spacial score (nSPS) is 12.1. The van der Waals surface area contributed by atoms with Crippen LogP contribution in [0.3, 0.4) is 0 Å². The fraction of sp³-hybridized carbons (Fsp3) is 0.385. The summed E-state index contributed by atoms with van der Waals surface area (Å²) in [5.74, 6) is -0.878. The third-order valence-corrected chi connectivity index (χ3v) is 3.30. The van der Waals surface area contributed by atoms with Gasteiger partial charge in [0.15, 0.2) is 0 Å². The van der Waals surface area contributed by atoms with Gasteiger partial charge in [-0.15, -0.1) is 0 Å². The number of nitrogens with one attached hydrogen (secondary N) is 1. The molecule has 7 nitrogen and oxygen atoms in total. The SMILES string of the molecule is CS(=O)(=O)Nc1ccccc1C(CCCCC(=O)O)=NO. The molecule has 0 bridgehead atoms. The van der Waals surface area contributed by atoms with Gasteiger partial charge in [0, 0.05) is 12.0 Å². The van der Waals surface area contributed by atoms with Crippen molar-refractivity contribution in [1.82, 2.24) is 0 Å². The number of unbranched alkanes of at least 4 members (excludes halogenated alkanes) is 1. The van der Waals surface area contributed by atoms with Gasteiger partial charge in [-0.05, 0) is 25.3 Å². The van der Waals surface area contributed by atoms with Gasteiger partial charge >= 0.3 is 5.97 Å². The highest BCUT2D eigenvalue weighted by molar-refractivity contribution is 7.92. The monoisotopic (exact) mass is 314 g/mol. The molecule has 0 heterocycles. The van der Waals surface area contributed by atoms with E-state index in [9.17, 15) is 13.2 Å². The molecule has 8 heteroatoms. The van der Waals surface area contributed by atoms with Gasteiger partial charge in [0.25, 0.3) is 0 Å². The van der Waals surface area contributed by atoms with Crippen LogP contribution in [0.2, 0.25) is 0 Å². The quantitative estimate of drug-likeness (QED) is 0.293. The largest absolute Gasteiger partial charge is 0.481 e. The molecular formula is C13H18N2O5S. The zero-order valence-corrected chi connectivity index (χ0v) is 12.4. The topological polar surface area (TPSA) is 116 Å². The molecular weight excluding hydrogens is 296 g/mol. The number of hydrogen-bond acceptors (Lipinski definition) is 5. The summed E-state index contributed by atoms with van der Waals surface area (Å²) in [6.45, 7) is 0. The van der Waals surface area contributed by atoms with Crippen LogP contribution >= 0.6 is 0 Å². The Bertz CT molecular complexity index is 625. The Labute approximate surface area is 123 Å². The van der Waals surface area contributed by atoms with Crippen LogP contribution in [0.25, 0.3) is 0 Å². The summed E-state index contributed by atoms with van der Waals surface area (Å²) in [6, 6.07) is 6.57. The van der Waals surface area contributed by atoms with Crippen molar-refractivity contribution in [2.24, 2.45) is 5.16 Å². The number of rotatable bonds is 8. The maximum atomic E-state index is 11.3. The van der Waals surface area contributed by atoms with Crippen LogP contribution in [0, 0.1) is 0 Å². The van der Waals surface area contributed by atoms with Crippen molar-refractivity contribution in [1.29, 1.82) is 0 Å². The number of para-hydroxylation sites is 1. The van der Waals surface area contributed by atoms with Crippen molar-refractivity contribution in [2.45, 2.75) is 25.7 Å². The first kappa shape index (κ1) is 17.0. The average Bonchev–Trinajstić information content (AvgIpc) is 2.38. The summed E-state index contributed by atoms with van der Waals surface area (Å²) >= 11 is 0. The van der Waals surface area contributed by atoms with E-state index in [-0.39, 0.29) is 6.42 Å². The zero-order valence-electron chi connectivity index (χ0n) is 11.6. The fourth-order valence-corrected chi connectivity index (χ4v) is 2.41. The molecule has 0 radical (unpaired) electrons. The molecule has 1 rings (SSSR count). The number of carboxylic acids is 1. The van der Waals surface area contributed by atoms with E-state index in [1.807, 2.05) is 0 Å². The lowest BCUT2D eigenvalue weighted by Gasteiger charge is -2.11. The Morgan fingerprint density at radius 1 is 1.24 bits per heavy atom. The van der Waals surface area contributed by atoms with Crippen LogP contribution in [0.15, 0.2) is 29.4 Å². The van der Waals surface area contributed by atoms with Gasteiger partial charge < -0.3 is 10.3 Å². The summed E-state index contributed by atoms with van der Waals surface area (Å²) in [6.07, 6.45) is 2.41. The average molecular weight is 314 g/mol. The van der Waals surface area contributed by atoms with E-state index < -0.39 is 16.0 Å². The van der Waals surface area contributed by atoms with Gasteiger partial charge in [-0.2, -0.15) is 0 Å². The second kappa shape index (κ2) is 7.63. The molecule has 0 unspecified atom stereocenters. The Kier molecular flexibility index (Phi) is 6.16. The minimum Gasteiger partial charge on any atom is -0.481 e. The fourth-order valence-electron chi connectivity index (χ4n) is 1.83. The second-order valence-corrected chi connectivity index (χ2v) is 6.32. The number of carboxylic acid groups (broad SMARTS) is 1. The first-order valence-corrected chi connectivity index (χ1v) is 8.22. The van der Waals surface area contributed by atoms with Crippen LogP contribution in [0.1, 0.15) is 31.2 Å². The number of oxime groups is 1. The standard InChI is InChI=1S/C13H18N2O5S/c1-21(19,20)15-12-8-3-2-6-10(12)11(14-18)7-4-5-9-13(16)17/h2-3,6,8,15,18H,4-5,7,9H2,1H3,(H,16,17). The molecule has 21 heavy (non-hydrogen) atoms. The number of hydrogen-bond donors (Lipinski definition) is 3. The number of sulfonamides is 1. The van der Waals surface area contributed by atoms with E-state index in [1.54, 1.807) is 24.3 Å². The van der Waals surface area contributed by atoms with Gasteiger partial charge in [0.1, 0.15) is 0 Å². The number of benzene rings is 1. The Hall–Kier alpha value is -2.09. The first-order chi connectivity index (χ1) is 9.83. The minimum absolute atomic E-state index is 0.0436. The molecule has 0 amide bonds.